The lowest BCUT2D eigenvalue weighted by Gasteiger charge is -2.14. The maximum Gasteiger partial charge on any atom is 0.251 e. The number of aliphatic hydroxyl groups is 2. The summed E-state index contributed by atoms with van der Waals surface area (Å²) in [6.45, 7) is 0. The lowest BCUT2D eigenvalue weighted by Crippen LogP contribution is -2.34. The molecule has 0 aromatic heterocycles. The fourth-order valence-corrected chi connectivity index (χ4v) is 1.77. The minimum absolute atomic E-state index is 0.394. The van der Waals surface area contributed by atoms with E-state index in [1.165, 1.54) is 0 Å². The van der Waals surface area contributed by atoms with Gasteiger partial charge < -0.3 is 15.5 Å². The first-order valence-corrected chi connectivity index (χ1v) is 4.89. The van der Waals surface area contributed by atoms with Crippen molar-refractivity contribution in [1.29, 1.82) is 0 Å². The lowest BCUT2D eigenvalue weighted by molar-refractivity contribution is -0.128. The van der Waals surface area contributed by atoms with E-state index < -0.39 is 24.2 Å². The molecule has 15 heavy (non-hydrogen) atoms. The van der Waals surface area contributed by atoms with Crippen LogP contribution >= 0.6 is 0 Å². The predicted molar refractivity (Wildman–Crippen MR) is 54.1 cm³/mol. The van der Waals surface area contributed by atoms with Crippen molar-refractivity contribution in [1.82, 2.24) is 5.32 Å². The van der Waals surface area contributed by atoms with Crippen molar-refractivity contribution in [3.63, 3.8) is 0 Å². The van der Waals surface area contributed by atoms with Gasteiger partial charge in [-0.25, -0.2) is 0 Å². The summed E-state index contributed by atoms with van der Waals surface area (Å²) in [6, 6.07) is 9.15. The van der Waals surface area contributed by atoms with Crippen LogP contribution < -0.4 is 5.32 Å². The fraction of sp³-hybridized carbons (Fsp3) is 0.364. The van der Waals surface area contributed by atoms with Crippen LogP contribution in [0.4, 0.5) is 0 Å². The summed E-state index contributed by atoms with van der Waals surface area (Å²) in [4.78, 5) is 11.1. The van der Waals surface area contributed by atoms with Gasteiger partial charge in [-0.1, -0.05) is 30.3 Å². The normalized spacial score (nSPS) is 30.3. The zero-order chi connectivity index (χ0) is 10.8. The molecule has 80 valence electrons. The van der Waals surface area contributed by atoms with Gasteiger partial charge in [0.15, 0.2) is 6.10 Å². The summed E-state index contributed by atoms with van der Waals surface area (Å²) in [7, 11) is 0. The Hall–Kier alpha value is -1.39. The molecule has 4 heteroatoms. The summed E-state index contributed by atoms with van der Waals surface area (Å²) in [5, 5.41) is 21.4. The van der Waals surface area contributed by atoms with Gasteiger partial charge in [-0.15, -0.1) is 0 Å². The first-order chi connectivity index (χ1) is 7.18. The molecule has 0 unspecified atom stereocenters. The average molecular weight is 207 g/mol. The van der Waals surface area contributed by atoms with Crippen molar-refractivity contribution in [3.05, 3.63) is 35.9 Å². The molecule has 3 atom stereocenters. The van der Waals surface area contributed by atoms with Gasteiger partial charge in [-0.05, 0) is 12.0 Å². The number of hydrogen-bond acceptors (Lipinski definition) is 3. The number of nitrogens with one attached hydrogen (secondary N) is 1. The predicted octanol–water partition coefficient (Wildman–Crippen LogP) is -0.551. The van der Waals surface area contributed by atoms with Crippen LogP contribution in [0, 0.1) is 0 Å². The highest BCUT2D eigenvalue weighted by Crippen LogP contribution is 2.14. The molecule has 0 spiro atoms. The van der Waals surface area contributed by atoms with Gasteiger partial charge >= 0.3 is 0 Å². The SMILES string of the molecule is O=C1N[C@H](Cc2ccccc2)[C@H](O)[C@H]1O. The van der Waals surface area contributed by atoms with E-state index in [4.69, 9.17) is 0 Å². The third kappa shape index (κ3) is 2.00. The zero-order valence-electron chi connectivity index (χ0n) is 8.13. The number of aliphatic hydroxyl groups excluding tert-OH is 2. The standard InChI is InChI=1S/C11H13NO3/c13-9-8(12-11(15)10(9)14)6-7-4-2-1-3-5-7/h1-5,8-10,13-14H,6H2,(H,12,15)/t8-,9+,10-/m1/s1. The molecule has 1 heterocycles. The largest absolute Gasteiger partial charge is 0.388 e. The summed E-state index contributed by atoms with van der Waals surface area (Å²) in [5.74, 6) is -0.497. The van der Waals surface area contributed by atoms with Crippen LogP contribution in [0.3, 0.4) is 0 Å². The van der Waals surface area contributed by atoms with Gasteiger partial charge in [0.1, 0.15) is 6.10 Å². The van der Waals surface area contributed by atoms with E-state index in [2.05, 4.69) is 5.32 Å². The quantitative estimate of drug-likeness (QED) is 0.609. The van der Waals surface area contributed by atoms with E-state index in [1.807, 2.05) is 30.3 Å². The molecule has 0 aliphatic carbocycles. The van der Waals surface area contributed by atoms with Crippen molar-refractivity contribution < 1.29 is 15.0 Å². The van der Waals surface area contributed by atoms with Crippen molar-refractivity contribution in [3.8, 4) is 0 Å². The Morgan fingerprint density at radius 1 is 1.20 bits per heavy atom. The summed E-state index contributed by atoms with van der Waals surface area (Å²) in [5.41, 5.74) is 1.02. The van der Waals surface area contributed by atoms with Gasteiger partial charge in [0, 0.05) is 0 Å². The lowest BCUT2D eigenvalue weighted by atomic mass is 10.0. The van der Waals surface area contributed by atoms with E-state index in [0.717, 1.165) is 5.56 Å². The van der Waals surface area contributed by atoms with E-state index in [-0.39, 0.29) is 0 Å². The molecule has 1 aliphatic heterocycles. The Balaban J connectivity index is 2.05. The molecule has 1 aromatic carbocycles. The monoisotopic (exact) mass is 207 g/mol. The van der Waals surface area contributed by atoms with E-state index in [1.54, 1.807) is 0 Å². The molecular formula is C11H13NO3. The van der Waals surface area contributed by atoms with Crippen molar-refractivity contribution >= 4 is 5.91 Å². The highest BCUT2D eigenvalue weighted by molar-refractivity contribution is 5.84. The molecule has 4 nitrogen and oxygen atoms in total. The van der Waals surface area contributed by atoms with E-state index >= 15 is 0 Å². The van der Waals surface area contributed by atoms with Crippen LogP contribution in [0.25, 0.3) is 0 Å². The molecule has 1 aliphatic rings. The molecule has 1 fully saturated rings. The maximum atomic E-state index is 11.1. The van der Waals surface area contributed by atoms with Crippen LogP contribution in [0.1, 0.15) is 5.56 Å². The third-order valence-electron chi connectivity index (χ3n) is 2.63. The van der Waals surface area contributed by atoms with Crippen molar-refractivity contribution in [2.45, 2.75) is 24.7 Å². The Morgan fingerprint density at radius 3 is 2.40 bits per heavy atom. The van der Waals surface area contributed by atoms with Crippen molar-refractivity contribution in [2.75, 3.05) is 0 Å². The Bertz CT molecular complexity index is 352. The van der Waals surface area contributed by atoms with E-state index in [0.29, 0.717) is 6.42 Å². The van der Waals surface area contributed by atoms with Crippen LogP contribution in [-0.4, -0.2) is 34.4 Å². The highest BCUT2D eigenvalue weighted by Gasteiger charge is 2.39. The first kappa shape index (κ1) is 10.1. The van der Waals surface area contributed by atoms with Crippen LogP contribution in [0.15, 0.2) is 30.3 Å². The number of carbonyl (C=O) groups excluding carboxylic acids is 1. The zero-order valence-corrected chi connectivity index (χ0v) is 8.13. The molecule has 0 saturated carbocycles. The summed E-state index contributed by atoms with van der Waals surface area (Å²) < 4.78 is 0. The highest BCUT2D eigenvalue weighted by atomic mass is 16.3. The van der Waals surface area contributed by atoms with Gasteiger partial charge in [0.05, 0.1) is 6.04 Å². The first-order valence-electron chi connectivity index (χ1n) is 4.89. The van der Waals surface area contributed by atoms with Crippen LogP contribution in [0.2, 0.25) is 0 Å². The van der Waals surface area contributed by atoms with Crippen molar-refractivity contribution in [2.24, 2.45) is 0 Å². The maximum absolute atomic E-state index is 11.1. The van der Waals surface area contributed by atoms with E-state index in [9.17, 15) is 15.0 Å². The van der Waals surface area contributed by atoms with Crippen LogP contribution in [0.5, 0.6) is 0 Å². The van der Waals surface area contributed by atoms with Gasteiger partial charge in [-0.2, -0.15) is 0 Å². The molecule has 0 radical (unpaired) electrons. The van der Waals surface area contributed by atoms with Gasteiger partial charge in [-0.3, -0.25) is 4.79 Å². The minimum atomic E-state index is -1.29. The Labute approximate surface area is 87.6 Å². The molecule has 0 bridgehead atoms. The Morgan fingerprint density at radius 2 is 1.87 bits per heavy atom. The summed E-state index contributed by atoms with van der Waals surface area (Å²) >= 11 is 0. The Kier molecular flexibility index (Phi) is 2.70. The molecule has 1 aromatic rings. The molecular weight excluding hydrogens is 194 g/mol. The third-order valence-corrected chi connectivity index (χ3v) is 2.63. The smallest absolute Gasteiger partial charge is 0.251 e. The topological polar surface area (TPSA) is 69.6 Å². The number of carbonyl (C=O) groups is 1. The number of amides is 1. The number of rotatable bonds is 2. The van der Waals surface area contributed by atoms with Crippen LogP contribution in [-0.2, 0) is 11.2 Å². The second-order valence-electron chi connectivity index (χ2n) is 3.74. The molecule has 2 rings (SSSR count). The van der Waals surface area contributed by atoms with Gasteiger partial charge in [0.25, 0.3) is 5.91 Å². The average Bonchev–Trinajstić information content (AvgIpc) is 2.48. The number of benzene rings is 1. The summed E-state index contributed by atoms with van der Waals surface area (Å²) in [6.07, 6.45) is -1.78. The van der Waals surface area contributed by atoms with Gasteiger partial charge in [0.2, 0.25) is 0 Å². The second-order valence-corrected chi connectivity index (χ2v) is 3.74. The minimum Gasteiger partial charge on any atom is -0.388 e. The molecule has 1 amide bonds. The fourth-order valence-electron chi connectivity index (χ4n) is 1.77. The molecule has 1 saturated heterocycles. The molecule has 3 N–H and O–H groups in total. The number of hydrogen-bond donors (Lipinski definition) is 3. The second kappa shape index (κ2) is 4.00.